The summed E-state index contributed by atoms with van der Waals surface area (Å²) in [5, 5.41) is 0. The first-order valence-corrected chi connectivity index (χ1v) is 9.88. The van der Waals surface area contributed by atoms with E-state index >= 15 is 0 Å². The molecule has 138 valence electrons. The summed E-state index contributed by atoms with van der Waals surface area (Å²) in [4.78, 5) is 17.4. The molecule has 3 heterocycles. The summed E-state index contributed by atoms with van der Waals surface area (Å²) in [6.07, 6.45) is 2.77. The Kier molecular flexibility index (Phi) is 5.44. The predicted octanol–water partition coefficient (Wildman–Crippen LogP) is 2.34. The van der Waals surface area contributed by atoms with Crippen LogP contribution in [0.1, 0.15) is 12.0 Å². The van der Waals surface area contributed by atoms with Gasteiger partial charge in [-0.1, -0.05) is 30.0 Å². The third-order valence-electron chi connectivity index (χ3n) is 4.53. The van der Waals surface area contributed by atoms with E-state index in [1.807, 2.05) is 24.3 Å². The molecule has 3 aliphatic rings. The monoisotopic (exact) mass is 392 g/mol. The van der Waals surface area contributed by atoms with E-state index in [1.54, 1.807) is 4.90 Å². The van der Waals surface area contributed by atoms with E-state index in [0.717, 1.165) is 50.6 Å². The molecule has 2 saturated heterocycles. The zero-order valence-electron chi connectivity index (χ0n) is 14.3. The number of hydrogen-bond donors (Lipinski definition) is 0. The minimum absolute atomic E-state index is 0.0142. The Hall–Kier alpha value is -1.61. The molecule has 4 rings (SSSR count). The highest BCUT2D eigenvalue weighted by Crippen LogP contribution is 2.36. The molecule has 0 atom stereocenters. The molecule has 0 radical (unpaired) electrons. The number of rotatable bonds is 5. The molecular weight excluding hydrogens is 372 g/mol. The molecule has 1 aromatic rings. The average Bonchev–Trinajstić information content (AvgIpc) is 3.22. The Balaban J connectivity index is 1.37. The van der Waals surface area contributed by atoms with Gasteiger partial charge in [0.25, 0.3) is 5.91 Å². The summed E-state index contributed by atoms with van der Waals surface area (Å²) in [6.45, 7) is 5.36. The first-order valence-electron chi connectivity index (χ1n) is 8.66. The van der Waals surface area contributed by atoms with Gasteiger partial charge in [0.05, 0.1) is 18.1 Å². The minimum atomic E-state index is -0.0142. The molecular formula is C18H20N2O4S2. The van der Waals surface area contributed by atoms with E-state index in [0.29, 0.717) is 21.5 Å². The highest BCUT2D eigenvalue weighted by atomic mass is 32.2. The van der Waals surface area contributed by atoms with Crippen LogP contribution in [0.25, 0.3) is 6.08 Å². The second kappa shape index (κ2) is 7.96. The third kappa shape index (κ3) is 3.88. The van der Waals surface area contributed by atoms with Crippen LogP contribution in [0.15, 0.2) is 23.1 Å². The van der Waals surface area contributed by atoms with Crippen molar-refractivity contribution < 1.29 is 19.0 Å². The second-order valence-corrected chi connectivity index (χ2v) is 7.93. The predicted molar refractivity (Wildman–Crippen MR) is 104 cm³/mol. The van der Waals surface area contributed by atoms with Gasteiger partial charge < -0.3 is 14.2 Å². The molecule has 0 saturated carbocycles. The van der Waals surface area contributed by atoms with E-state index < -0.39 is 0 Å². The van der Waals surface area contributed by atoms with Crippen molar-refractivity contribution in [2.75, 3.05) is 46.2 Å². The van der Waals surface area contributed by atoms with Gasteiger partial charge in [0.15, 0.2) is 11.5 Å². The van der Waals surface area contributed by atoms with Crippen LogP contribution in [-0.4, -0.2) is 66.2 Å². The van der Waals surface area contributed by atoms with Gasteiger partial charge in [-0.3, -0.25) is 14.6 Å². The highest BCUT2D eigenvalue weighted by Gasteiger charge is 2.31. The van der Waals surface area contributed by atoms with Crippen LogP contribution in [0, 0.1) is 0 Å². The van der Waals surface area contributed by atoms with Crippen LogP contribution >= 0.6 is 24.0 Å². The molecule has 1 aromatic carbocycles. The molecule has 8 heteroatoms. The van der Waals surface area contributed by atoms with Gasteiger partial charge in [-0.15, -0.1) is 0 Å². The summed E-state index contributed by atoms with van der Waals surface area (Å²) < 4.78 is 16.7. The van der Waals surface area contributed by atoms with Gasteiger partial charge in [0, 0.05) is 26.2 Å². The first-order chi connectivity index (χ1) is 12.7. The summed E-state index contributed by atoms with van der Waals surface area (Å²) in [5.74, 6) is 1.43. The molecule has 0 spiro atoms. The second-order valence-electron chi connectivity index (χ2n) is 6.25. The fraction of sp³-hybridized carbons (Fsp3) is 0.444. The standard InChI is InChI=1S/C18H20N2O4S2/c21-17-16(11-13-2-3-14-15(10-13)24-12-23-14)26-18(25)20(17)5-1-4-19-6-8-22-9-7-19/h2-3,10-11H,1,4-9,12H2/b16-11+. The molecule has 6 nitrogen and oxygen atoms in total. The highest BCUT2D eigenvalue weighted by molar-refractivity contribution is 8.26. The van der Waals surface area contributed by atoms with Crippen LogP contribution in [0.2, 0.25) is 0 Å². The number of thioether (sulfide) groups is 1. The van der Waals surface area contributed by atoms with Gasteiger partial charge in [0.2, 0.25) is 6.79 Å². The third-order valence-corrected chi connectivity index (χ3v) is 5.91. The van der Waals surface area contributed by atoms with Crippen molar-refractivity contribution in [1.29, 1.82) is 0 Å². The van der Waals surface area contributed by atoms with Gasteiger partial charge in [-0.25, -0.2) is 0 Å². The zero-order chi connectivity index (χ0) is 17.9. The molecule has 3 aliphatic heterocycles. The lowest BCUT2D eigenvalue weighted by atomic mass is 10.2. The van der Waals surface area contributed by atoms with Crippen LogP contribution in [0.4, 0.5) is 0 Å². The van der Waals surface area contributed by atoms with Crippen LogP contribution in [0.3, 0.4) is 0 Å². The Morgan fingerprint density at radius 3 is 2.81 bits per heavy atom. The largest absolute Gasteiger partial charge is 0.454 e. The number of morpholine rings is 1. The maximum Gasteiger partial charge on any atom is 0.266 e. The molecule has 1 amide bonds. The van der Waals surface area contributed by atoms with E-state index in [1.165, 1.54) is 11.8 Å². The lowest BCUT2D eigenvalue weighted by Crippen LogP contribution is -2.38. The number of amides is 1. The van der Waals surface area contributed by atoms with E-state index in [-0.39, 0.29) is 12.7 Å². The van der Waals surface area contributed by atoms with Crippen LogP contribution < -0.4 is 9.47 Å². The fourth-order valence-electron chi connectivity index (χ4n) is 3.12. The smallest absolute Gasteiger partial charge is 0.266 e. The van der Waals surface area contributed by atoms with Gasteiger partial charge in [-0.05, 0) is 30.2 Å². The lowest BCUT2D eigenvalue weighted by molar-refractivity contribution is -0.122. The van der Waals surface area contributed by atoms with Crippen molar-refractivity contribution >= 4 is 40.3 Å². The molecule has 2 fully saturated rings. The molecule has 0 bridgehead atoms. The van der Waals surface area contributed by atoms with Crippen molar-refractivity contribution in [2.45, 2.75) is 6.42 Å². The number of fused-ring (bicyclic) bond motifs is 1. The van der Waals surface area contributed by atoms with Gasteiger partial charge in [-0.2, -0.15) is 0 Å². The molecule has 0 unspecified atom stereocenters. The van der Waals surface area contributed by atoms with Crippen molar-refractivity contribution in [2.24, 2.45) is 0 Å². The maximum atomic E-state index is 12.7. The van der Waals surface area contributed by atoms with Crippen molar-refractivity contribution in [3.8, 4) is 11.5 Å². The van der Waals surface area contributed by atoms with Gasteiger partial charge in [0.1, 0.15) is 4.32 Å². The Morgan fingerprint density at radius 2 is 1.96 bits per heavy atom. The van der Waals surface area contributed by atoms with Crippen LogP contribution in [0.5, 0.6) is 11.5 Å². The topological polar surface area (TPSA) is 51.2 Å². The van der Waals surface area contributed by atoms with E-state index in [9.17, 15) is 4.79 Å². The lowest BCUT2D eigenvalue weighted by Gasteiger charge is -2.27. The number of carbonyl (C=O) groups excluding carboxylic acids is 1. The number of hydrogen-bond acceptors (Lipinski definition) is 7. The number of thiocarbonyl (C=S) groups is 1. The number of nitrogens with zero attached hydrogens (tertiary/aromatic N) is 2. The summed E-state index contributed by atoms with van der Waals surface area (Å²) in [6, 6.07) is 5.66. The summed E-state index contributed by atoms with van der Waals surface area (Å²) in [7, 11) is 0. The number of ether oxygens (including phenoxy) is 3. The SMILES string of the molecule is O=C1/C(=C\c2ccc3c(c2)OCO3)SC(=S)N1CCCN1CCOCC1. The van der Waals surface area contributed by atoms with Gasteiger partial charge >= 0.3 is 0 Å². The maximum absolute atomic E-state index is 12.7. The van der Waals surface area contributed by atoms with Crippen molar-refractivity contribution in [3.63, 3.8) is 0 Å². The molecule has 26 heavy (non-hydrogen) atoms. The quantitative estimate of drug-likeness (QED) is 0.563. The molecule has 0 N–H and O–H groups in total. The molecule has 0 aliphatic carbocycles. The van der Waals surface area contributed by atoms with Crippen LogP contribution in [-0.2, 0) is 9.53 Å². The number of benzene rings is 1. The zero-order valence-corrected chi connectivity index (χ0v) is 15.9. The molecule has 0 aromatic heterocycles. The average molecular weight is 393 g/mol. The van der Waals surface area contributed by atoms with Crippen molar-refractivity contribution in [3.05, 3.63) is 28.7 Å². The van der Waals surface area contributed by atoms with Crippen molar-refractivity contribution in [1.82, 2.24) is 9.80 Å². The summed E-state index contributed by atoms with van der Waals surface area (Å²) >= 11 is 6.77. The first kappa shape index (κ1) is 17.8. The Morgan fingerprint density at radius 1 is 1.15 bits per heavy atom. The number of carbonyl (C=O) groups is 1. The van der Waals surface area contributed by atoms with E-state index in [2.05, 4.69) is 4.90 Å². The fourth-order valence-corrected chi connectivity index (χ4v) is 4.43. The summed E-state index contributed by atoms with van der Waals surface area (Å²) in [5.41, 5.74) is 0.906. The minimum Gasteiger partial charge on any atom is -0.454 e. The Labute approximate surface area is 162 Å². The normalized spacial score (nSPS) is 21.8. The van der Waals surface area contributed by atoms with E-state index in [4.69, 9.17) is 26.4 Å². The Bertz CT molecular complexity index is 747.